The zero-order chi connectivity index (χ0) is 21.4. The van der Waals surface area contributed by atoms with Crippen LogP contribution in [-0.2, 0) is 9.59 Å². The molecule has 0 aliphatic rings. The van der Waals surface area contributed by atoms with Crippen LogP contribution in [0.3, 0.4) is 0 Å². The van der Waals surface area contributed by atoms with Crippen molar-refractivity contribution < 1.29 is 23.5 Å². The molecule has 0 radical (unpaired) electrons. The molecule has 28 heavy (non-hydrogen) atoms. The van der Waals surface area contributed by atoms with Crippen molar-refractivity contribution in [3.05, 3.63) is 35.4 Å². The Morgan fingerprint density at radius 3 is 2.25 bits per heavy atom. The average Bonchev–Trinajstić information content (AvgIpc) is 2.62. The lowest BCUT2D eigenvalue weighted by atomic mass is 9.87. The maximum atomic E-state index is 14.1. The molecule has 1 amide bonds. The number of hydrogen-bond acceptors (Lipinski definition) is 2. The molecule has 1 N–H and O–H groups in total. The number of amides is 1. The fourth-order valence-electron chi connectivity index (χ4n) is 3.36. The molecule has 0 aliphatic carbocycles. The SMILES string of the molecule is CCCN(CCC(C)C(C)CC(=O)O)C(=O)C(C)[C@@H](C)c1ccc(F)cc1F. The molecule has 0 saturated carbocycles. The van der Waals surface area contributed by atoms with Crippen LogP contribution in [0.2, 0.25) is 0 Å². The number of rotatable bonds is 11. The minimum absolute atomic E-state index is 0.0285. The van der Waals surface area contributed by atoms with Crippen molar-refractivity contribution in [1.82, 2.24) is 4.90 Å². The summed E-state index contributed by atoms with van der Waals surface area (Å²) in [5.74, 6) is -2.77. The maximum Gasteiger partial charge on any atom is 0.303 e. The Morgan fingerprint density at radius 1 is 1.07 bits per heavy atom. The molecule has 4 atom stereocenters. The first-order valence-electron chi connectivity index (χ1n) is 10.0. The lowest BCUT2D eigenvalue weighted by Gasteiger charge is -2.30. The van der Waals surface area contributed by atoms with E-state index in [1.165, 1.54) is 12.1 Å². The highest BCUT2D eigenvalue weighted by Gasteiger charge is 2.28. The van der Waals surface area contributed by atoms with Crippen molar-refractivity contribution in [2.24, 2.45) is 17.8 Å². The summed E-state index contributed by atoms with van der Waals surface area (Å²) in [6, 6.07) is 3.46. The fraction of sp³-hybridized carbons (Fsp3) is 0.636. The Labute approximate surface area is 166 Å². The molecule has 6 heteroatoms. The zero-order valence-electron chi connectivity index (χ0n) is 17.5. The van der Waals surface area contributed by atoms with E-state index in [4.69, 9.17) is 5.11 Å². The summed E-state index contributed by atoms with van der Waals surface area (Å²) in [4.78, 5) is 25.7. The molecule has 1 aromatic carbocycles. The average molecular weight is 398 g/mol. The Morgan fingerprint density at radius 2 is 1.71 bits per heavy atom. The van der Waals surface area contributed by atoms with Gasteiger partial charge in [-0.25, -0.2) is 8.78 Å². The summed E-state index contributed by atoms with van der Waals surface area (Å²) in [7, 11) is 0. The van der Waals surface area contributed by atoms with Crippen LogP contribution in [0.5, 0.6) is 0 Å². The van der Waals surface area contributed by atoms with Gasteiger partial charge in [0.2, 0.25) is 5.91 Å². The second kappa shape index (κ2) is 11.1. The van der Waals surface area contributed by atoms with Crippen molar-refractivity contribution in [1.29, 1.82) is 0 Å². The first kappa shape index (κ1) is 24.1. The Kier molecular flexibility index (Phi) is 9.56. The van der Waals surface area contributed by atoms with Gasteiger partial charge in [-0.3, -0.25) is 9.59 Å². The van der Waals surface area contributed by atoms with E-state index in [9.17, 15) is 18.4 Å². The van der Waals surface area contributed by atoms with E-state index < -0.39 is 23.5 Å². The largest absolute Gasteiger partial charge is 0.481 e. The van der Waals surface area contributed by atoms with Crippen LogP contribution >= 0.6 is 0 Å². The second-order valence-corrected chi connectivity index (χ2v) is 7.91. The van der Waals surface area contributed by atoms with Crippen LogP contribution in [0.1, 0.15) is 65.4 Å². The highest BCUT2D eigenvalue weighted by Crippen LogP contribution is 2.29. The Balaban J connectivity index is 2.80. The van der Waals surface area contributed by atoms with Gasteiger partial charge in [-0.15, -0.1) is 0 Å². The fourth-order valence-corrected chi connectivity index (χ4v) is 3.36. The van der Waals surface area contributed by atoms with E-state index in [1.807, 2.05) is 20.8 Å². The highest BCUT2D eigenvalue weighted by molar-refractivity contribution is 5.79. The third-order valence-corrected chi connectivity index (χ3v) is 5.72. The second-order valence-electron chi connectivity index (χ2n) is 7.91. The first-order chi connectivity index (χ1) is 13.1. The summed E-state index contributed by atoms with van der Waals surface area (Å²) in [6.07, 6.45) is 1.63. The normalized spacial score (nSPS) is 15.5. The van der Waals surface area contributed by atoms with Gasteiger partial charge in [-0.2, -0.15) is 0 Å². The standard InChI is InChI=1S/C22H33F2NO3/c1-6-10-25(11-9-14(2)15(3)12-21(26)27)22(28)17(5)16(4)19-8-7-18(23)13-20(19)24/h7-8,13-17H,6,9-12H2,1-5H3,(H,26,27)/t14?,15?,16-,17?/m1/s1. The number of carboxylic acids is 1. The van der Waals surface area contributed by atoms with Gasteiger partial charge in [-0.05, 0) is 42.2 Å². The van der Waals surface area contributed by atoms with E-state index in [-0.39, 0.29) is 30.1 Å². The van der Waals surface area contributed by atoms with Gasteiger partial charge in [0, 0.05) is 31.5 Å². The monoisotopic (exact) mass is 397 g/mol. The molecule has 0 spiro atoms. The van der Waals surface area contributed by atoms with Crippen molar-refractivity contribution in [2.75, 3.05) is 13.1 Å². The summed E-state index contributed by atoms with van der Waals surface area (Å²) in [5.41, 5.74) is 0.335. The quantitative estimate of drug-likeness (QED) is 0.566. The predicted molar refractivity (Wildman–Crippen MR) is 106 cm³/mol. The van der Waals surface area contributed by atoms with Crippen molar-refractivity contribution in [3.63, 3.8) is 0 Å². The minimum atomic E-state index is -0.815. The Hall–Kier alpha value is -1.98. The van der Waals surface area contributed by atoms with Crippen LogP contribution in [0.15, 0.2) is 18.2 Å². The van der Waals surface area contributed by atoms with E-state index >= 15 is 0 Å². The summed E-state index contributed by atoms with van der Waals surface area (Å²) in [5, 5.41) is 8.95. The van der Waals surface area contributed by atoms with Gasteiger partial charge < -0.3 is 10.0 Å². The number of benzene rings is 1. The van der Waals surface area contributed by atoms with Gasteiger partial charge in [0.1, 0.15) is 11.6 Å². The van der Waals surface area contributed by atoms with E-state index in [2.05, 4.69) is 0 Å². The molecule has 0 heterocycles. The smallest absolute Gasteiger partial charge is 0.303 e. The molecule has 0 bridgehead atoms. The van der Waals surface area contributed by atoms with Crippen molar-refractivity contribution >= 4 is 11.9 Å². The van der Waals surface area contributed by atoms with E-state index in [0.717, 1.165) is 12.5 Å². The lowest BCUT2D eigenvalue weighted by Crippen LogP contribution is -2.39. The highest BCUT2D eigenvalue weighted by atomic mass is 19.1. The first-order valence-corrected chi connectivity index (χ1v) is 10.0. The molecular weight excluding hydrogens is 364 g/mol. The van der Waals surface area contributed by atoms with Crippen molar-refractivity contribution in [2.45, 2.75) is 59.8 Å². The molecule has 0 aromatic heterocycles. The number of nitrogens with zero attached hydrogens (tertiary/aromatic N) is 1. The number of aliphatic carboxylic acids is 1. The number of carboxylic acid groups (broad SMARTS) is 1. The predicted octanol–water partition coefficient (Wildman–Crippen LogP) is 5.08. The van der Waals surface area contributed by atoms with Crippen LogP contribution in [-0.4, -0.2) is 35.0 Å². The van der Waals surface area contributed by atoms with Gasteiger partial charge in [0.25, 0.3) is 0 Å². The number of halogens is 2. The zero-order valence-corrected chi connectivity index (χ0v) is 17.5. The molecule has 1 aromatic rings. The molecular formula is C22H33F2NO3. The van der Waals surface area contributed by atoms with Crippen LogP contribution in [0, 0.1) is 29.4 Å². The Bertz CT molecular complexity index is 665. The lowest BCUT2D eigenvalue weighted by molar-refractivity contribution is -0.139. The third-order valence-electron chi connectivity index (χ3n) is 5.72. The minimum Gasteiger partial charge on any atom is -0.481 e. The molecule has 0 fully saturated rings. The summed E-state index contributed by atoms with van der Waals surface area (Å²) < 4.78 is 27.3. The van der Waals surface area contributed by atoms with Crippen LogP contribution in [0.25, 0.3) is 0 Å². The molecule has 158 valence electrons. The van der Waals surface area contributed by atoms with Crippen LogP contribution < -0.4 is 0 Å². The van der Waals surface area contributed by atoms with Gasteiger partial charge in [-0.1, -0.05) is 40.7 Å². The number of carbonyl (C=O) groups is 2. The molecule has 0 aliphatic heterocycles. The molecule has 0 saturated heterocycles. The summed E-state index contributed by atoms with van der Waals surface area (Å²) in [6.45, 7) is 10.6. The topological polar surface area (TPSA) is 57.6 Å². The maximum absolute atomic E-state index is 14.1. The van der Waals surface area contributed by atoms with Gasteiger partial charge in [0.15, 0.2) is 0 Å². The number of hydrogen-bond donors (Lipinski definition) is 1. The van der Waals surface area contributed by atoms with E-state index in [1.54, 1.807) is 18.7 Å². The van der Waals surface area contributed by atoms with Crippen molar-refractivity contribution in [3.8, 4) is 0 Å². The summed E-state index contributed by atoms with van der Waals surface area (Å²) >= 11 is 0. The van der Waals surface area contributed by atoms with Crippen LogP contribution in [0.4, 0.5) is 8.78 Å². The number of carbonyl (C=O) groups excluding carboxylic acids is 1. The van der Waals surface area contributed by atoms with Gasteiger partial charge in [0.05, 0.1) is 0 Å². The molecule has 1 rings (SSSR count). The van der Waals surface area contributed by atoms with E-state index in [0.29, 0.717) is 25.1 Å². The molecule has 3 unspecified atom stereocenters. The van der Waals surface area contributed by atoms with Gasteiger partial charge >= 0.3 is 5.97 Å². The molecule has 4 nitrogen and oxygen atoms in total. The third kappa shape index (κ3) is 6.88.